The fourth-order valence-corrected chi connectivity index (χ4v) is 1.38. The molecule has 0 radical (unpaired) electrons. The number of aromatic nitrogens is 1. The molecule has 0 spiro atoms. The van der Waals surface area contributed by atoms with Gasteiger partial charge >= 0.3 is 0 Å². The maximum absolute atomic E-state index is 9.65. The normalized spacial score (nSPS) is 9.47. The van der Waals surface area contributed by atoms with Gasteiger partial charge in [-0.15, -0.1) is 0 Å². The summed E-state index contributed by atoms with van der Waals surface area (Å²) < 4.78 is 0. The van der Waals surface area contributed by atoms with E-state index in [0.29, 0.717) is 0 Å². The number of H-pyrrole nitrogens is 1. The highest BCUT2D eigenvalue weighted by Crippen LogP contribution is 2.04. The molecule has 3 nitrogen and oxygen atoms in total. The number of fused-ring (bicyclic) bond motifs is 1. The number of aliphatic carboxylic acids is 1. The van der Waals surface area contributed by atoms with Crippen molar-refractivity contribution in [1.29, 1.82) is 0 Å². The number of carbonyl (C=O) groups excluding carboxylic acids is 1. The predicted molar refractivity (Wildman–Crippen MR) is 65.0 cm³/mol. The van der Waals surface area contributed by atoms with Gasteiger partial charge in [0.2, 0.25) is 5.52 Å². The maximum Gasteiger partial charge on any atom is 0.210 e. The quantitative estimate of drug-likeness (QED) is 0.805. The third-order valence-electron chi connectivity index (χ3n) is 2.31. The number of rotatable bonds is 3. The first-order chi connectivity index (χ1) is 8.24. The van der Waals surface area contributed by atoms with Crippen LogP contribution < -0.4 is 10.1 Å². The molecule has 1 heterocycles. The van der Waals surface area contributed by atoms with Crippen LogP contribution in [0, 0.1) is 0 Å². The highest BCUT2D eigenvalue weighted by Gasteiger charge is 1.92. The van der Waals surface area contributed by atoms with Crippen LogP contribution in [0.2, 0.25) is 0 Å². The number of carboxylic acids is 1. The summed E-state index contributed by atoms with van der Waals surface area (Å²) in [5.74, 6) is -0.943. The van der Waals surface area contributed by atoms with Crippen molar-refractivity contribution in [3.05, 3.63) is 42.6 Å². The number of para-hydroxylation sites is 1. The van der Waals surface area contributed by atoms with Crippen LogP contribution in [-0.2, 0) is 4.79 Å². The van der Waals surface area contributed by atoms with Gasteiger partial charge in [-0.3, -0.25) is 0 Å². The summed E-state index contributed by atoms with van der Waals surface area (Å²) in [6.07, 6.45) is 3.80. The highest BCUT2D eigenvalue weighted by molar-refractivity contribution is 5.74. The van der Waals surface area contributed by atoms with Gasteiger partial charge in [0.05, 0.1) is 0 Å². The van der Waals surface area contributed by atoms with Crippen molar-refractivity contribution in [1.82, 2.24) is 0 Å². The minimum absolute atomic E-state index is 0.205. The molecule has 1 aromatic carbocycles. The summed E-state index contributed by atoms with van der Waals surface area (Å²) >= 11 is 0. The molecule has 0 amide bonds. The Kier molecular flexibility index (Phi) is 5.72. The Hall–Kier alpha value is -1.90. The fourth-order valence-electron chi connectivity index (χ4n) is 1.38. The van der Waals surface area contributed by atoms with E-state index in [1.54, 1.807) is 0 Å². The number of aromatic amines is 1. The molecule has 0 aliphatic carbocycles. The Balaban J connectivity index is 0.000000185. The summed E-state index contributed by atoms with van der Waals surface area (Å²) in [6.45, 7) is 1.95. The lowest BCUT2D eigenvalue weighted by atomic mass is 10.2. The highest BCUT2D eigenvalue weighted by atomic mass is 16.4. The van der Waals surface area contributed by atoms with Gasteiger partial charge in [-0.05, 0) is 25.0 Å². The Morgan fingerprint density at radius 3 is 2.53 bits per heavy atom. The van der Waals surface area contributed by atoms with Gasteiger partial charge in [-0.1, -0.05) is 25.5 Å². The van der Waals surface area contributed by atoms with E-state index in [1.807, 2.05) is 31.3 Å². The zero-order valence-corrected chi connectivity index (χ0v) is 9.98. The van der Waals surface area contributed by atoms with Crippen LogP contribution >= 0.6 is 0 Å². The molecule has 17 heavy (non-hydrogen) atoms. The van der Waals surface area contributed by atoms with E-state index >= 15 is 0 Å². The van der Waals surface area contributed by atoms with Crippen molar-refractivity contribution < 1.29 is 14.9 Å². The molecule has 1 aromatic heterocycles. The van der Waals surface area contributed by atoms with Crippen LogP contribution in [0.25, 0.3) is 10.9 Å². The molecule has 1 N–H and O–H groups in total. The van der Waals surface area contributed by atoms with E-state index in [4.69, 9.17) is 0 Å². The second kappa shape index (κ2) is 7.39. The Morgan fingerprint density at radius 2 is 1.94 bits per heavy atom. The smallest absolute Gasteiger partial charge is 0.210 e. The monoisotopic (exact) mass is 231 g/mol. The van der Waals surface area contributed by atoms with Crippen molar-refractivity contribution >= 4 is 16.9 Å². The number of hydrogen-bond donors (Lipinski definition) is 0. The fraction of sp³-hybridized carbons (Fsp3) is 0.286. The number of benzene rings is 1. The van der Waals surface area contributed by atoms with Gasteiger partial charge < -0.3 is 9.90 Å². The molecule has 0 saturated heterocycles. The van der Waals surface area contributed by atoms with Crippen molar-refractivity contribution in [3.63, 3.8) is 0 Å². The maximum atomic E-state index is 9.65. The van der Waals surface area contributed by atoms with Crippen LogP contribution in [0.3, 0.4) is 0 Å². The van der Waals surface area contributed by atoms with Gasteiger partial charge in [0, 0.05) is 23.5 Å². The van der Waals surface area contributed by atoms with Crippen LogP contribution in [0.5, 0.6) is 0 Å². The molecule has 2 rings (SSSR count). The molecule has 0 atom stereocenters. The number of nitrogens with one attached hydrogen (secondary N) is 1. The zero-order valence-electron chi connectivity index (χ0n) is 9.98. The number of hydrogen-bond acceptors (Lipinski definition) is 2. The Bertz CT molecular complexity index is 403. The Labute approximate surface area is 101 Å². The third-order valence-corrected chi connectivity index (χ3v) is 2.31. The van der Waals surface area contributed by atoms with E-state index in [1.165, 1.54) is 10.9 Å². The number of carbonyl (C=O) groups is 1. The van der Waals surface area contributed by atoms with Crippen molar-refractivity contribution in [2.75, 3.05) is 0 Å². The predicted octanol–water partition coefficient (Wildman–Crippen LogP) is 1.58. The second-order valence-electron chi connectivity index (χ2n) is 3.73. The van der Waals surface area contributed by atoms with Gasteiger partial charge in [0.15, 0.2) is 6.20 Å². The average Bonchev–Trinajstić information content (AvgIpc) is 2.37. The van der Waals surface area contributed by atoms with E-state index in [9.17, 15) is 9.90 Å². The summed E-state index contributed by atoms with van der Waals surface area (Å²) in [5.41, 5.74) is 1.19. The van der Waals surface area contributed by atoms with Crippen LogP contribution in [-0.4, -0.2) is 5.97 Å². The van der Waals surface area contributed by atoms with E-state index in [-0.39, 0.29) is 6.42 Å². The first kappa shape index (κ1) is 13.2. The molecule has 0 fully saturated rings. The molecule has 0 bridgehead atoms. The van der Waals surface area contributed by atoms with E-state index in [2.05, 4.69) is 23.2 Å². The van der Waals surface area contributed by atoms with Crippen molar-refractivity contribution in [3.8, 4) is 0 Å². The number of carboxylic acid groups (broad SMARTS) is 1. The van der Waals surface area contributed by atoms with E-state index < -0.39 is 5.97 Å². The molecule has 0 saturated carbocycles. The molecule has 0 aliphatic rings. The zero-order chi connectivity index (χ0) is 12.5. The Morgan fingerprint density at radius 1 is 1.24 bits per heavy atom. The summed E-state index contributed by atoms with van der Waals surface area (Å²) in [4.78, 5) is 12.8. The van der Waals surface area contributed by atoms with Crippen LogP contribution in [0.15, 0.2) is 42.6 Å². The largest absolute Gasteiger partial charge is 0.550 e. The molecular weight excluding hydrogens is 214 g/mol. The number of unbranched alkanes of at least 4 members (excludes halogenated alkanes) is 1. The lowest BCUT2D eigenvalue weighted by molar-refractivity contribution is -0.344. The molecule has 0 unspecified atom stereocenters. The lowest BCUT2D eigenvalue weighted by Gasteiger charge is -1.95. The summed E-state index contributed by atoms with van der Waals surface area (Å²) in [5, 5.41) is 10.9. The third kappa shape index (κ3) is 5.11. The van der Waals surface area contributed by atoms with Crippen molar-refractivity contribution in [2.45, 2.75) is 26.2 Å². The van der Waals surface area contributed by atoms with Crippen LogP contribution in [0.4, 0.5) is 0 Å². The average molecular weight is 231 g/mol. The molecular formula is C14H17NO2. The summed E-state index contributed by atoms with van der Waals surface area (Å²) in [6, 6.07) is 12.3. The summed E-state index contributed by atoms with van der Waals surface area (Å²) in [7, 11) is 0. The van der Waals surface area contributed by atoms with Crippen LogP contribution in [0.1, 0.15) is 26.2 Å². The topological polar surface area (TPSA) is 54.3 Å². The van der Waals surface area contributed by atoms with Gasteiger partial charge in [0.1, 0.15) is 0 Å². The minimum atomic E-state index is -0.943. The van der Waals surface area contributed by atoms with Gasteiger partial charge in [0.25, 0.3) is 0 Å². The van der Waals surface area contributed by atoms with Crippen molar-refractivity contribution in [2.24, 2.45) is 0 Å². The van der Waals surface area contributed by atoms with E-state index in [0.717, 1.165) is 12.8 Å². The van der Waals surface area contributed by atoms with Gasteiger partial charge in [-0.2, -0.15) is 0 Å². The van der Waals surface area contributed by atoms with Gasteiger partial charge in [-0.25, -0.2) is 4.98 Å². The standard InChI is InChI=1S/C9H7N.C5H10O2/c1-2-6-9-8(4-1)5-3-7-10-9;1-2-3-4-5(6)7/h1-7H;2-4H2,1H3,(H,6,7). The molecule has 3 heteroatoms. The lowest BCUT2D eigenvalue weighted by Crippen LogP contribution is -2.21. The first-order valence-electron chi connectivity index (χ1n) is 5.79. The second-order valence-corrected chi connectivity index (χ2v) is 3.73. The molecule has 0 aliphatic heterocycles. The molecule has 90 valence electrons. The SMILES string of the molecule is CCCCC(=O)[O-].c1ccc2[nH+]cccc2c1. The minimum Gasteiger partial charge on any atom is -0.550 e. The molecule has 2 aromatic rings. The number of pyridine rings is 1. The first-order valence-corrected chi connectivity index (χ1v) is 5.79.